The molecule has 3 N–H and O–H groups in total. The van der Waals surface area contributed by atoms with Crippen molar-refractivity contribution in [2.45, 2.75) is 19.9 Å². The fourth-order valence-electron chi connectivity index (χ4n) is 1.52. The summed E-state index contributed by atoms with van der Waals surface area (Å²) in [5, 5.41) is 2.68. The predicted octanol–water partition coefficient (Wildman–Crippen LogP) is 0.697. The highest BCUT2D eigenvalue weighted by Crippen LogP contribution is 2.30. The molecule has 0 saturated heterocycles. The number of nitrogens with one attached hydrogen (secondary N) is 1. The normalized spacial score (nSPS) is 10.1. The second kappa shape index (κ2) is 6.63. The van der Waals surface area contributed by atoms with E-state index < -0.39 is 5.91 Å². The Balaban J connectivity index is 2.87. The molecule has 1 rings (SSSR count). The van der Waals surface area contributed by atoms with Crippen LogP contribution in [-0.4, -0.2) is 31.6 Å². The number of rotatable bonds is 6. The van der Waals surface area contributed by atoms with Crippen molar-refractivity contribution >= 4 is 11.8 Å². The summed E-state index contributed by atoms with van der Waals surface area (Å²) >= 11 is 0. The van der Waals surface area contributed by atoms with E-state index in [0.717, 1.165) is 0 Å². The van der Waals surface area contributed by atoms with Crippen molar-refractivity contribution in [1.29, 1.82) is 0 Å². The van der Waals surface area contributed by atoms with Crippen LogP contribution in [-0.2, 0) is 4.79 Å². The molecule has 0 heterocycles. The molecule has 0 radical (unpaired) electrons. The van der Waals surface area contributed by atoms with Crippen molar-refractivity contribution in [3.8, 4) is 11.5 Å². The molecule has 1 aromatic rings. The second-order valence-electron chi connectivity index (χ2n) is 4.21. The molecule has 0 spiro atoms. The Morgan fingerprint density at radius 2 is 2.05 bits per heavy atom. The first-order valence-electron chi connectivity index (χ1n) is 5.84. The monoisotopic (exact) mass is 266 g/mol. The lowest BCUT2D eigenvalue weighted by Gasteiger charge is -2.14. The number of para-hydroxylation sites is 1. The molecule has 0 fully saturated rings. The molecular formula is C13H18N2O4. The number of carbonyl (C=O) groups is 2. The van der Waals surface area contributed by atoms with E-state index in [9.17, 15) is 9.59 Å². The van der Waals surface area contributed by atoms with Gasteiger partial charge in [0.2, 0.25) is 0 Å². The molecule has 0 aliphatic rings. The zero-order valence-electron chi connectivity index (χ0n) is 11.2. The number of nitrogens with two attached hydrogens (primary N) is 1. The topological polar surface area (TPSA) is 90.7 Å². The molecule has 6 heteroatoms. The zero-order chi connectivity index (χ0) is 14.4. The minimum atomic E-state index is -0.641. The summed E-state index contributed by atoms with van der Waals surface area (Å²) in [6.07, 6.45) is 0. The average Bonchev–Trinajstić information content (AvgIpc) is 2.34. The van der Waals surface area contributed by atoms with Crippen LogP contribution in [0, 0.1) is 0 Å². The standard InChI is InChI=1S/C13H18N2O4/c1-8(2)15-11(16)7-19-12-9(13(14)17)5-4-6-10(12)18-3/h4-6,8H,7H2,1-3H3,(H2,14,17)(H,15,16). The Morgan fingerprint density at radius 1 is 1.37 bits per heavy atom. The third kappa shape index (κ3) is 4.17. The van der Waals surface area contributed by atoms with Gasteiger partial charge < -0.3 is 20.5 Å². The Kier molecular flexibility index (Phi) is 5.17. The summed E-state index contributed by atoms with van der Waals surface area (Å²) in [7, 11) is 1.45. The van der Waals surface area contributed by atoms with Gasteiger partial charge in [0.05, 0.1) is 12.7 Å². The highest BCUT2D eigenvalue weighted by Gasteiger charge is 2.16. The number of benzene rings is 1. The van der Waals surface area contributed by atoms with Crippen LogP contribution in [0.5, 0.6) is 11.5 Å². The van der Waals surface area contributed by atoms with Gasteiger partial charge in [-0.3, -0.25) is 9.59 Å². The first kappa shape index (κ1) is 14.8. The molecule has 19 heavy (non-hydrogen) atoms. The van der Waals surface area contributed by atoms with Gasteiger partial charge in [-0.15, -0.1) is 0 Å². The SMILES string of the molecule is COc1cccc(C(N)=O)c1OCC(=O)NC(C)C. The summed E-state index contributed by atoms with van der Waals surface area (Å²) in [5.74, 6) is -0.389. The lowest BCUT2D eigenvalue weighted by molar-refractivity contribution is -0.123. The third-order valence-corrected chi connectivity index (χ3v) is 2.26. The van der Waals surface area contributed by atoms with E-state index in [0.29, 0.717) is 5.75 Å². The first-order chi connectivity index (χ1) is 8.95. The highest BCUT2D eigenvalue weighted by molar-refractivity contribution is 5.96. The zero-order valence-corrected chi connectivity index (χ0v) is 11.2. The van der Waals surface area contributed by atoms with Crippen molar-refractivity contribution in [2.24, 2.45) is 5.73 Å². The summed E-state index contributed by atoms with van der Waals surface area (Å²) in [5.41, 5.74) is 5.43. The van der Waals surface area contributed by atoms with Crippen LogP contribution in [0.15, 0.2) is 18.2 Å². The first-order valence-corrected chi connectivity index (χ1v) is 5.84. The summed E-state index contributed by atoms with van der Waals surface area (Å²) in [4.78, 5) is 22.8. The fourth-order valence-corrected chi connectivity index (χ4v) is 1.52. The van der Waals surface area contributed by atoms with E-state index in [1.807, 2.05) is 13.8 Å². The lowest BCUT2D eigenvalue weighted by Crippen LogP contribution is -2.34. The Bertz CT molecular complexity index is 472. The van der Waals surface area contributed by atoms with E-state index in [-0.39, 0.29) is 29.9 Å². The van der Waals surface area contributed by atoms with Gasteiger partial charge >= 0.3 is 0 Å². The fraction of sp³-hybridized carbons (Fsp3) is 0.385. The van der Waals surface area contributed by atoms with E-state index in [2.05, 4.69) is 5.32 Å². The Hall–Kier alpha value is -2.24. The van der Waals surface area contributed by atoms with E-state index in [4.69, 9.17) is 15.2 Å². The van der Waals surface area contributed by atoms with Gasteiger partial charge in [-0.1, -0.05) is 6.07 Å². The number of hydrogen-bond acceptors (Lipinski definition) is 4. The summed E-state index contributed by atoms with van der Waals surface area (Å²) < 4.78 is 10.4. The highest BCUT2D eigenvalue weighted by atomic mass is 16.5. The Labute approximate surface area is 111 Å². The molecule has 6 nitrogen and oxygen atoms in total. The summed E-state index contributed by atoms with van der Waals surface area (Å²) in [6, 6.07) is 4.78. The van der Waals surface area contributed by atoms with Gasteiger partial charge in [-0.05, 0) is 26.0 Å². The molecule has 0 saturated carbocycles. The third-order valence-electron chi connectivity index (χ3n) is 2.26. The van der Waals surface area contributed by atoms with Gasteiger partial charge in [-0.25, -0.2) is 0 Å². The maximum atomic E-state index is 11.5. The lowest BCUT2D eigenvalue weighted by atomic mass is 10.2. The van der Waals surface area contributed by atoms with Crippen LogP contribution in [0.2, 0.25) is 0 Å². The number of amides is 2. The van der Waals surface area contributed by atoms with Crippen molar-refractivity contribution in [3.05, 3.63) is 23.8 Å². The number of primary amides is 1. The smallest absolute Gasteiger partial charge is 0.258 e. The largest absolute Gasteiger partial charge is 0.493 e. The van der Waals surface area contributed by atoms with Crippen LogP contribution < -0.4 is 20.5 Å². The predicted molar refractivity (Wildman–Crippen MR) is 70.3 cm³/mol. The quantitative estimate of drug-likeness (QED) is 0.793. The van der Waals surface area contributed by atoms with Crippen molar-refractivity contribution in [3.63, 3.8) is 0 Å². The molecule has 0 unspecified atom stereocenters. The minimum Gasteiger partial charge on any atom is -0.493 e. The number of ether oxygens (including phenoxy) is 2. The van der Waals surface area contributed by atoms with E-state index in [1.54, 1.807) is 12.1 Å². The van der Waals surface area contributed by atoms with Crippen molar-refractivity contribution in [1.82, 2.24) is 5.32 Å². The van der Waals surface area contributed by atoms with Crippen LogP contribution >= 0.6 is 0 Å². The number of methoxy groups -OCH3 is 1. The molecule has 0 aliphatic heterocycles. The molecule has 1 aromatic carbocycles. The second-order valence-corrected chi connectivity index (χ2v) is 4.21. The van der Waals surface area contributed by atoms with Gasteiger partial charge in [0, 0.05) is 6.04 Å². The number of hydrogen-bond donors (Lipinski definition) is 2. The maximum absolute atomic E-state index is 11.5. The van der Waals surface area contributed by atoms with Crippen LogP contribution in [0.4, 0.5) is 0 Å². The summed E-state index contributed by atoms with van der Waals surface area (Å²) in [6.45, 7) is 3.48. The van der Waals surface area contributed by atoms with Crippen molar-refractivity contribution < 1.29 is 19.1 Å². The van der Waals surface area contributed by atoms with Crippen LogP contribution in [0.25, 0.3) is 0 Å². The van der Waals surface area contributed by atoms with E-state index >= 15 is 0 Å². The van der Waals surface area contributed by atoms with Gasteiger partial charge in [-0.2, -0.15) is 0 Å². The molecule has 0 aromatic heterocycles. The molecule has 0 atom stereocenters. The molecule has 0 aliphatic carbocycles. The minimum absolute atomic E-state index is 0.0179. The average molecular weight is 266 g/mol. The molecule has 2 amide bonds. The van der Waals surface area contributed by atoms with Gasteiger partial charge in [0.1, 0.15) is 0 Å². The maximum Gasteiger partial charge on any atom is 0.258 e. The number of carbonyl (C=O) groups excluding carboxylic acids is 2. The van der Waals surface area contributed by atoms with Gasteiger partial charge in [0.25, 0.3) is 11.8 Å². The van der Waals surface area contributed by atoms with Gasteiger partial charge in [0.15, 0.2) is 18.1 Å². The van der Waals surface area contributed by atoms with E-state index in [1.165, 1.54) is 13.2 Å². The Morgan fingerprint density at radius 3 is 2.58 bits per heavy atom. The molecule has 0 bridgehead atoms. The van der Waals surface area contributed by atoms with Crippen molar-refractivity contribution in [2.75, 3.05) is 13.7 Å². The van der Waals surface area contributed by atoms with Crippen LogP contribution in [0.3, 0.4) is 0 Å². The molecular weight excluding hydrogens is 248 g/mol. The molecule has 104 valence electrons. The van der Waals surface area contributed by atoms with Crippen LogP contribution in [0.1, 0.15) is 24.2 Å².